The number of hydrogen-bond acceptors (Lipinski definition) is 3. The fourth-order valence-electron chi connectivity index (χ4n) is 2.43. The molecule has 137 valence electrons. The summed E-state index contributed by atoms with van der Waals surface area (Å²) in [6, 6.07) is 14.1. The minimum atomic E-state index is -0.552. The van der Waals surface area contributed by atoms with Crippen LogP contribution in [-0.4, -0.2) is 11.0 Å². The first-order valence-corrected chi connectivity index (χ1v) is 8.08. The largest absolute Gasteiger partial charge is 0.507 e. The number of ether oxygens (including phenoxy) is 1. The number of amides is 1. The summed E-state index contributed by atoms with van der Waals surface area (Å²) in [6.45, 7) is 3.62. The van der Waals surface area contributed by atoms with Crippen molar-refractivity contribution in [2.24, 2.45) is 0 Å². The lowest BCUT2D eigenvalue weighted by atomic mass is 10.1. The third-order valence-corrected chi connectivity index (χ3v) is 3.86. The Labute approximate surface area is 155 Å². The van der Waals surface area contributed by atoms with E-state index >= 15 is 0 Å². The lowest BCUT2D eigenvalue weighted by Gasteiger charge is -2.13. The topological polar surface area (TPSA) is 58.6 Å². The molecule has 0 aliphatic carbocycles. The lowest BCUT2D eigenvalue weighted by molar-refractivity contribution is 0.0948. The van der Waals surface area contributed by atoms with Crippen LogP contribution in [0, 0.1) is 18.6 Å². The Hall–Kier alpha value is -3.41. The Bertz CT molecular complexity index is 972. The zero-order valence-corrected chi connectivity index (χ0v) is 14.2. The molecular weight excluding hydrogens is 352 g/mol. The first kappa shape index (κ1) is 18.4. The first-order valence-electron chi connectivity index (χ1n) is 8.08. The van der Waals surface area contributed by atoms with Crippen LogP contribution in [-0.2, 0) is 6.54 Å². The maximum Gasteiger partial charge on any atom is 0.255 e. The van der Waals surface area contributed by atoms with Crippen LogP contribution in [0.5, 0.6) is 17.2 Å². The SMILES string of the molecule is [CH2]c1cc(F)c(CNC(=O)c2ccccc2O)cc1Oc1ccc(F)cc1. The van der Waals surface area contributed by atoms with E-state index in [1.54, 1.807) is 12.1 Å². The van der Waals surface area contributed by atoms with Gasteiger partial charge in [-0.05, 0) is 61.0 Å². The molecule has 0 fully saturated rings. The number of phenolic OH excluding ortho intramolecular Hbond substituents is 1. The van der Waals surface area contributed by atoms with Gasteiger partial charge in [0.15, 0.2) is 0 Å². The van der Waals surface area contributed by atoms with Crippen LogP contribution in [0.25, 0.3) is 0 Å². The second-order valence-corrected chi connectivity index (χ2v) is 5.81. The summed E-state index contributed by atoms with van der Waals surface area (Å²) < 4.78 is 32.8. The van der Waals surface area contributed by atoms with Crippen LogP contribution >= 0.6 is 0 Å². The summed E-state index contributed by atoms with van der Waals surface area (Å²) in [5.74, 6) is -0.990. The number of para-hydroxylation sites is 1. The van der Waals surface area contributed by atoms with Crippen molar-refractivity contribution >= 4 is 5.91 Å². The third kappa shape index (κ3) is 4.41. The Kier molecular flexibility index (Phi) is 5.35. The Morgan fingerprint density at radius 1 is 1.07 bits per heavy atom. The number of carbonyl (C=O) groups excluding carboxylic acids is 1. The summed E-state index contributed by atoms with van der Waals surface area (Å²) >= 11 is 0. The molecule has 0 atom stereocenters. The Morgan fingerprint density at radius 2 is 1.78 bits per heavy atom. The van der Waals surface area contributed by atoms with E-state index in [1.165, 1.54) is 48.5 Å². The van der Waals surface area contributed by atoms with Crippen LogP contribution in [0.2, 0.25) is 0 Å². The van der Waals surface area contributed by atoms with Gasteiger partial charge in [-0.2, -0.15) is 0 Å². The number of hydrogen-bond donors (Lipinski definition) is 2. The van der Waals surface area contributed by atoms with Crippen LogP contribution in [0.4, 0.5) is 8.78 Å². The van der Waals surface area contributed by atoms with Gasteiger partial charge in [-0.15, -0.1) is 0 Å². The molecule has 6 heteroatoms. The molecule has 0 bridgehead atoms. The van der Waals surface area contributed by atoms with Crippen molar-refractivity contribution < 1.29 is 23.4 Å². The molecule has 4 nitrogen and oxygen atoms in total. The highest BCUT2D eigenvalue weighted by Gasteiger charge is 2.13. The molecule has 0 heterocycles. The van der Waals surface area contributed by atoms with Gasteiger partial charge in [0.05, 0.1) is 5.56 Å². The van der Waals surface area contributed by atoms with Crippen molar-refractivity contribution in [2.75, 3.05) is 0 Å². The van der Waals surface area contributed by atoms with Gasteiger partial charge < -0.3 is 15.2 Å². The van der Waals surface area contributed by atoms with E-state index in [0.29, 0.717) is 11.3 Å². The molecule has 1 amide bonds. The smallest absolute Gasteiger partial charge is 0.255 e. The minimum absolute atomic E-state index is 0.0921. The van der Waals surface area contributed by atoms with Crippen LogP contribution in [0.3, 0.4) is 0 Å². The van der Waals surface area contributed by atoms with Gasteiger partial charge in [0.2, 0.25) is 0 Å². The van der Waals surface area contributed by atoms with E-state index in [1.807, 2.05) is 0 Å². The number of carbonyl (C=O) groups is 1. The average molecular weight is 368 g/mol. The van der Waals surface area contributed by atoms with E-state index in [9.17, 15) is 18.7 Å². The summed E-state index contributed by atoms with van der Waals surface area (Å²) in [5.41, 5.74) is 0.588. The molecule has 3 rings (SSSR count). The average Bonchev–Trinajstić information content (AvgIpc) is 2.65. The third-order valence-electron chi connectivity index (χ3n) is 3.86. The maximum absolute atomic E-state index is 14.2. The van der Waals surface area contributed by atoms with Crippen molar-refractivity contribution in [1.82, 2.24) is 5.32 Å². The summed E-state index contributed by atoms with van der Waals surface area (Å²) in [5, 5.41) is 12.3. The van der Waals surface area contributed by atoms with Gasteiger partial charge in [0.1, 0.15) is 28.9 Å². The second kappa shape index (κ2) is 7.86. The standard InChI is InChI=1S/C21H16F2NO3/c1-13-10-18(23)14(11-20(13)27-16-8-6-15(22)7-9-16)12-24-21(26)17-4-2-3-5-19(17)25/h2-11,25H,1,12H2,(H,24,26). The first-order chi connectivity index (χ1) is 12.9. The minimum Gasteiger partial charge on any atom is -0.507 e. The maximum atomic E-state index is 14.2. The predicted molar refractivity (Wildman–Crippen MR) is 96.6 cm³/mol. The number of halogens is 2. The second-order valence-electron chi connectivity index (χ2n) is 5.81. The van der Waals surface area contributed by atoms with Crippen molar-refractivity contribution in [3.05, 3.63) is 95.9 Å². The fourth-order valence-corrected chi connectivity index (χ4v) is 2.43. The number of phenols is 1. The van der Waals surface area contributed by atoms with Crippen molar-refractivity contribution in [2.45, 2.75) is 6.54 Å². The van der Waals surface area contributed by atoms with Crippen LogP contribution in [0.1, 0.15) is 21.5 Å². The molecule has 3 aromatic rings. The molecule has 0 aliphatic rings. The molecule has 3 aromatic carbocycles. The Morgan fingerprint density at radius 3 is 2.48 bits per heavy atom. The molecule has 0 unspecified atom stereocenters. The highest BCUT2D eigenvalue weighted by Crippen LogP contribution is 2.28. The quantitative estimate of drug-likeness (QED) is 0.693. The molecule has 0 aliphatic heterocycles. The van der Waals surface area contributed by atoms with E-state index in [4.69, 9.17) is 4.74 Å². The zero-order chi connectivity index (χ0) is 19.4. The lowest BCUT2D eigenvalue weighted by Crippen LogP contribution is -2.23. The number of aromatic hydroxyl groups is 1. The predicted octanol–water partition coefficient (Wildman–Crippen LogP) is 4.57. The van der Waals surface area contributed by atoms with Gasteiger partial charge in [-0.1, -0.05) is 12.1 Å². The normalized spacial score (nSPS) is 10.5. The molecule has 0 saturated carbocycles. The number of benzene rings is 3. The summed E-state index contributed by atoms with van der Waals surface area (Å²) in [6.07, 6.45) is 0. The van der Waals surface area contributed by atoms with E-state index in [0.717, 1.165) is 0 Å². The number of rotatable bonds is 5. The van der Waals surface area contributed by atoms with E-state index < -0.39 is 17.5 Å². The van der Waals surface area contributed by atoms with Gasteiger partial charge >= 0.3 is 0 Å². The molecule has 2 N–H and O–H groups in total. The monoisotopic (exact) mass is 368 g/mol. The highest BCUT2D eigenvalue weighted by atomic mass is 19.1. The molecule has 0 spiro atoms. The summed E-state index contributed by atoms with van der Waals surface area (Å²) in [7, 11) is 0. The van der Waals surface area contributed by atoms with Crippen LogP contribution in [0.15, 0.2) is 60.7 Å². The van der Waals surface area contributed by atoms with Gasteiger partial charge in [0.25, 0.3) is 5.91 Å². The number of nitrogens with one attached hydrogen (secondary N) is 1. The molecule has 0 aromatic heterocycles. The van der Waals surface area contributed by atoms with Crippen molar-refractivity contribution in [3.8, 4) is 17.2 Å². The summed E-state index contributed by atoms with van der Waals surface area (Å²) in [4.78, 5) is 12.2. The van der Waals surface area contributed by atoms with Crippen molar-refractivity contribution in [3.63, 3.8) is 0 Å². The van der Waals surface area contributed by atoms with Gasteiger partial charge in [0, 0.05) is 12.1 Å². The van der Waals surface area contributed by atoms with E-state index in [-0.39, 0.29) is 29.2 Å². The highest BCUT2D eigenvalue weighted by molar-refractivity contribution is 5.96. The molecular formula is C21H16F2NO3. The zero-order valence-electron chi connectivity index (χ0n) is 14.2. The fraction of sp³-hybridized carbons (Fsp3) is 0.0476. The molecule has 27 heavy (non-hydrogen) atoms. The molecule has 1 radical (unpaired) electrons. The van der Waals surface area contributed by atoms with Crippen LogP contribution < -0.4 is 10.1 Å². The van der Waals surface area contributed by atoms with Gasteiger partial charge in [-0.25, -0.2) is 8.78 Å². The van der Waals surface area contributed by atoms with Crippen molar-refractivity contribution in [1.29, 1.82) is 0 Å². The Balaban J connectivity index is 1.76. The van der Waals surface area contributed by atoms with E-state index in [2.05, 4.69) is 12.2 Å². The molecule has 0 saturated heterocycles. The van der Waals surface area contributed by atoms with Gasteiger partial charge in [-0.3, -0.25) is 4.79 Å².